The van der Waals surface area contributed by atoms with Crippen LogP contribution in [0.5, 0.6) is 0 Å². The summed E-state index contributed by atoms with van der Waals surface area (Å²) in [5, 5.41) is 10.3. The van der Waals surface area contributed by atoms with E-state index in [4.69, 9.17) is 33.9 Å². The highest BCUT2D eigenvalue weighted by atomic mass is 35.5. The number of pyridine rings is 1. The molecule has 3 N–H and O–H groups in total. The first kappa shape index (κ1) is 19.1. The van der Waals surface area contributed by atoms with Crippen LogP contribution in [0.2, 0.25) is 10.0 Å². The third-order valence-electron chi connectivity index (χ3n) is 5.16. The lowest BCUT2D eigenvalue weighted by Crippen LogP contribution is -2.38. The van der Waals surface area contributed by atoms with Crippen LogP contribution in [0.15, 0.2) is 36.5 Å². The van der Waals surface area contributed by atoms with E-state index in [1.54, 1.807) is 12.1 Å². The summed E-state index contributed by atoms with van der Waals surface area (Å²) in [6, 6.07) is 9.12. The normalized spacial score (nSPS) is 17.9. The number of hydrogen-bond acceptors (Lipinski definition) is 4. The van der Waals surface area contributed by atoms with Crippen LogP contribution in [0.4, 0.5) is 5.69 Å². The van der Waals surface area contributed by atoms with Gasteiger partial charge in [0.1, 0.15) is 5.65 Å². The lowest BCUT2D eigenvalue weighted by molar-refractivity contribution is -0.143. The van der Waals surface area contributed by atoms with Gasteiger partial charge in [-0.05, 0) is 43.7 Å². The second-order valence-corrected chi connectivity index (χ2v) is 7.95. The molecule has 2 aromatic heterocycles. The molecule has 4 rings (SSSR count). The fourth-order valence-electron chi connectivity index (χ4n) is 3.75. The Morgan fingerprint density at radius 2 is 2.07 bits per heavy atom. The number of carbonyl (C=O) groups is 1. The predicted molar refractivity (Wildman–Crippen MR) is 111 cm³/mol. The first-order valence-electron chi connectivity index (χ1n) is 9.09. The van der Waals surface area contributed by atoms with Crippen molar-refractivity contribution in [1.29, 1.82) is 0 Å². The van der Waals surface area contributed by atoms with Crippen molar-refractivity contribution < 1.29 is 9.90 Å². The van der Waals surface area contributed by atoms with Crippen LogP contribution in [0, 0.1) is 5.92 Å². The third kappa shape index (κ3) is 3.68. The van der Waals surface area contributed by atoms with Crippen LogP contribution in [0.3, 0.4) is 0 Å². The Morgan fingerprint density at radius 3 is 2.82 bits per heavy atom. The maximum Gasteiger partial charge on any atom is 0.307 e. The number of nitrogens with zero attached hydrogens (tertiary/aromatic N) is 3. The number of halogens is 2. The number of aromatic nitrogens is 2. The topological polar surface area (TPSA) is 83.9 Å². The molecule has 1 atom stereocenters. The van der Waals surface area contributed by atoms with Gasteiger partial charge < -0.3 is 15.2 Å². The molecule has 1 unspecified atom stereocenters. The highest BCUT2D eigenvalue weighted by Gasteiger charge is 2.27. The number of anilines is 1. The molecule has 1 saturated heterocycles. The van der Waals surface area contributed by atoms with E-state index in [1.165, 1.54) is 0 Å². The number of aliphatic carboxylic acids is 1. The summed E-state index contributed by atoms with van der Waals surface area (Å²) < 4.78 is 1.97. The van der Waals surface area contributed by atoms with Gasteiger partial charge in [-0.15, -0.1) is 0 Å². The summed E-state index contributed by atoms with van der Waals surface area (Å²) in [5.74, 6) is -1.08. The van der Waals surface area contributed by atoms with Gasteiger partial charge >= 0.3 is 5.97 Å². The van der Waals surface area contributed by atoms with Crippen LogP contribution in [0.25, 0.3) is 16.9 Å². The summed E-state index contributed by atoms with van der Waals surface area (Å²) in [7, 11) is 0. The Balaban J connectivity index is 1.77. The number of nitrogen functional groups attached to an aromatic ring is 1. The van der Waals surface area contributed by atoms with Gasteiger partial charge in [-0.3, -0.25) is 9.69 Å². The van der Waals surface area contributed by atoms with Crippen molar-refractivity contribution in [2.24, 2.45) is 5.92 Å². The molecule has 0 amide bonds. The average Bonchev–Trinajstić information content (AvgIpc) is 3.02. The molecule has 0 saturated carbocycles. The fourth-order valence-corrected chi connectivity index (χ4v) is 4.05. The number of carboxylic acids is 1. The zero-order valence-corrected chi connectivity index (χ0v) is 16.6. The molecular weight excluding hydrogens is 399 g/mol. The van der Waals surface area contributed by atoms with Crippen molar-refractivity contribution in [3.63, 3.8) is 0 Å². The molecule has 1 aliphatic rings. The van der Waals surface area contributed by atoms with Crippen molar-refractivity contribution in [2.45, 2.75) is 19.4 Å². The van der Waals surface area contributed by atoms with Crippen molar-refractivity contribution in [2.75, 3.05) is 18.8 Å². The predicted octanol–water partition coefficient (Wildman–Crippen LogP) is 4.19. The van der Waals surface area contributed by atoms with Crippen LogP contribution >= 0.6 is 23.2 Å². The lowest BCUT2D eigenvalue weighted by atomic mass is 9.98. The summed E-state index contributed by atoms with van der Waals surface area (Å²) in [6.07, 6.45) is 3.42. The number of imidazole rings is 1. The molecule has 6 nitrogen and oxygen atoms in total. The average molecular weight is 419 g/mol. The SMILES string of the molecule is Nc1ccc2nc(-c3ccc(Cl)c(Cl)c3)c(CN3CCCC(C(=O)O)C3)n2c1. The first-order chi connectivity index (χ1) is 13.4. The number of rotatable bonds is 4. The third-order valence-corrected chi connectivity index (χ3v) is 5.90. The molecule has 1 aromatic carbocycles. The van der Waals surface area contributed by atoms with Gasteiger partial charge in [0.2, 0.25) is 0 Å². The van der Waals surface area contributed by atoms with Gasteiger partial charge in [0.25, 0.3) is 0 Å². The number of likely N-dealkylation sites (tertiary alicyclic amines) is 1. The Kier molecular flexibility index (Phi) is 5.19. The molecule has 1 aliphatic heterocycles. The Labute approximate surface area is 172 Å². The number of carboxylic acid groups (broad SMARTS) is 1. The zero-order valence-electron chi connectivity index (χ0n) is 15.1. The molecule has 8 heteroatoms. The summed E-state index contributed by atoms with van der Waals surface area (Å²) in [5.41, 5.74) is 10.0. The van der Waals surface area contributed by atoms with E-state index in [-0.39, 0.29) is 5.92 Å². The van der Waals surface area contributed by atoms with Gasteiger partial charge in [0, 0.05) is 30.5 Å². The standard InChI is InChI=1S/C20H20Cl2N4O2/c21-15-5-3-12(8-16(15)22)19-17(26-10-14(23)4-6-18(26)24-19)11-25-7-1-2-13(9-25)20(27)28/h3-6,8,10,13H,1-2,7,9,11,23H2,(H,27,28). The summed E-state index contributed by atoms with van der Waals surface area (Å²) >= 11 is 12.3. The number of hydrogen-bond donors (Lipinski definition) is 2. The monoisotopic (exact) mass is 418 g/mol. The van der Waals surface area contributed by atoms with Gasteiger partial charge in [0.15, 0.2) is 0 Å². The van der Waals surface area contributed by atoms with E-state index < -0.39 is 5.97 Å². The maximum atomic E-state index is 11.4. The Morgan fingerprint density at radius 1 is 1.25 bits per heavy atom. The molecule has 0 radical (unpaired) electrons. The van der Waals surface area contributed by atoms with E-state index in [0.717, 1.165) is 35.6 Å². The van der Waals surface area contributed by atoms with Crippen LogP contribution in [-0.4, -0.2) is 38.4 Å². The van der Waals surface area contributed by atoms with Crippen molar-refractivity contribution in [3.05, 3.63) is 52.3 Å². The number of nitrogens with two attached hydrogens (primary N) is 1. The zero-order chi connectivity index (χ0) is 19.8. The second-order valence-electron chi connectivity index (χ2n) is 7.14. The largest absolute Gasteiger partial charge is 0.481 e. The number of piperidine rings is 1. The minimum Gasteiger partial charge on any atom is -0.481 e. The summed E-state index contributed by atoms with van der Waals surface area (Å²) in [4.78, 5) is 18.4. The quantitative estimate of drug-likeness (QED) is 0.663. The smallest absolute Gasteiger partial charge is 0.307 e. The molecule has 3 aromatic rings. The van der Waals surface area contributed by atoms with E-state index in [1.807, 2.05) is 28.8 Å². The summed E-state index contributed by atoms with van der Waals surface area (Å²) in [6.45, 7) is 1.94. The molecule has 146 valence electrons. The van der Waals surface area contributed by atoms with Gasteiger partial charge in [-0.1, -0.05) is 29.3 Å². The fraction of sp³-hybridized carbons (Fsp3) is 0.300. The lowest BCUT2D eigenvalue weighted by Gasteiger charge is -2.30. The molecule has 0 aliphatic carbocycles. The van der Waals surface area contributed by atoms with Crippen molar-refractivity contribution >= 4 is 40.5 Å². The van der Waals surface area contributed by atoms with Gasteiger partial charge in [0.05, 0.1) is 27.4 Å². The maximum absolute atomic E-state index is 11.4. The van der Waals surface area contributed by atoms with Crippen molar-refractivity contribution in [3.8, 4) is 11.3 Å². The van der Waals surface area contributed by atoms with E-state index in [9.17, 15) is 9.90 Å². The minimum absolute atomic E-state index is 0.341. The number of benzene rings is 1. The Bertz CT molecular complexity index is 1050. The molecule has 28 heavy (non-hydrogen) atoms. The van der Waals surface area contributed by atoms with Crippen LogP contribution in [0.1, 0.15) is 18.5 Å². The molecular formula is C20H20Cl2N4O2. The van der Waals surface area contributed by atoms with Gasteiger partial charge in [-0.2, -0.15) is 0 Å². The second kappa shape index (κ2) is 7.62. The van der Waals surface area contributed by atoms with E-state index in [0.29, 0.717) is 35.2 Å². The van der Waals surface area contributed by atoms with Crippen LogP contribution in [-0.2, 0) is 11.3 Å². The highest BCUT2D eigenvalue weighted by Crippen LogP contribution is 2.32. The number of fused-ring (bicyclic) bond motifs is 1. The van der Waals surface area contributed by atoms with Gasteiger partial charge in [-0.25, -0.2) is 4.98 Å². The van der Waals surface area contributed by atoms with E-state index >= 15 is 0 Å². The molecule has 0 bridgehead atoms. The first-order valence-corrected chi connectivity index (χ1v) is 9.85. The molecule has 1 fully saturated rings. The van der Waals surface area contributed by atoms with Crippen molar-refractivity contribution in [1.82, 2.24) is 14.3 Å². The van der Waals surface area contributed by atoms with E-state index in [2.05, 4.69) is 4.90 Å². The molecule has 3 heterocycles. The molecule has 0 spiro atoms. The minimum atomic E-state index is -0.739. The van der Waals surface area contributed by atoms with Crippen LogP contribution < -0.4 is 5.73 Å². The Hall–Kier alpha value is -2.28. The highest BCUT2D eigenvalue weighted by molar-refractivity contribution is 6.42.